The Hall–Kier alpha value is -2.51. The zero-order valence-corrected chi connectivity index (χ0v) is 17.9. The van der Waals surface area contributed by atoms with Crippen molar-refractivity contribution in [3.63, 3.8) is 0 Å². The fourth-order valence-corrected chi connectivity index (χ4v) is 4.67. The molecule has 0 aliphatic rings. The highest BCUT2D eigenvalue weighted by atomic mass is 32.2. The van der Waals surface area contributed by atoms with Crippen molar-refractivity contribution in [3.8, 4) is 0 Å². The number of fused-ring (bicyclic) bond motifs is 1. The quantitative estimate of drug-likeness (QED) is 0.397. The van der Waals surface area contributed by atoms with E-state index in [1.165, 1.54) is 0 Å². The van der Waals surface area contributed by atoms with E-state index < -0.39 is 0 Å². The molecule has 0 bridgehead atoms. The van der Waals surface area contributed by atoms with Crippen molar-refractivity contribution in [2.45, 2.75) is 24.9 Å². The van der Waals surface area contributed by atoms with Gasteiger partial charge in [-0.25, -0.2) is 4.98 Å². The summed E-state index contributed by atoms with van der Waals surface area (Å²) in [7, 11) is 0. The molecule has 4 rings (SSSR count). The number of para-hydroxylation sites is 2. The molecule has 0 saturated carbocycles. The van der Waals surface area contributed by atoms with Crippen LogP contribution in [0.15, 0.2) is 65.6 Å². The summed E-state index contributed by atoms with van der Waals surface area (Å²) in [5.41, 5.74) is 3.08. The predicted octanol–water partition coefficient (Wildman–Crippen LogP) is 5.02. The van der Waals surface area contributed by atoms with Crippen LogP contribution in [-0.2, 0) is 4.79 Å². The van der Waals surface area contributed by atoms with E-state index in [-0.39, 0.29) is 18.0 Å². The average molecular weight is 425 g/mol. The minimum Gasteiger partial charge on any atom is -0.346 e. The number of nitrogens with one attached hydrogen (secondary N) is 2. The number of thioether (sulfide) groups is 1. The molecule has 2 N–H and O–H groups in total. The smallest absolute Gasteiger partial charge is 0.223 e. The van der Waals surface area contributed by atoms with Crippen molar-refractivity contribution in [1.82, 2.24) is 19.9 Å². The third-order valence-electron chi connectivity index (χ3n) is 4.98. The van der Waals surface area contributed by atoms with Gasteiger partial charge in [-0.1, -0.05) is 12.1 Å². The number of hydrogen-bond acceptors (Lipinski definition) is 4. The molecule has 1 amide bonds. The van der Waals surface area contributed by atoms with Gasteiger partial charge < -0.3 is 14.9 Å². The summed E-state index contributed by atoms with van der Waals surface area (Å²) in [5.74, 6) is 1.80. The van der Waals surface area contributed by atoms with Gasteiger partial charge in [0.1, 0.15) is 5.82 Å². The Morgan fingerprint density at radius 3 is 2.79 bits per heavy atom. The summed E-state index contributed by atoms with van der Waals surface area (Å²) in [6.45, 7) is 0. The first-order chi connectivity index (χ1) is 14.2. The van der Waals surface area contributed by atoms with E-state index in [0.29, 0.717) is 6.42 Å². The molecule has 0 unspecified atom stereocenters. The first kappa shape index (κ1) is 19.8. The maximum Gasteiger partial charge on any atom is 0.223 e. The van der Waals surface area contributed by atoms with Crippen molar-refractivity contribution in [1.29, 1.82) is 0 Å². The van der Waals surface area contributed by atoms with Crippen molar-refractivity contribution >= 4 is 40.0 Å². The molecule has 0 aliphatic carbocycles. The number of hydrogen-bond donors (Lipinski definition) is 2. The number of H-pyrrole nitrogens is 1. The van der Waals surface area contributed by atoms with Gasteiger partial charge in [0, 0.05) is 12.4 Å². The monoisotopic (exact) mass is 424 g/mol. The molecule has 7 heteroatoms. The summed E-state index contributed by atoms with van der Waals surface area (Å²) in [4.78, 5) is 21.1. The lowest BCUT2D eigenvalue weighted by molar-refractivity contribution is -0.122. The Kier molecular flexibility index (Phi) is 6.36. The van der Waals surface area contributed by atoms with E-state index in [2.05, 4.69) is 38.0 Å². The van der Waals surface area contributed by atoms with Crippen LogP contribution >= 0.6 is 23.1 Å². The van der Waals surface area contributed by atoms with Crippen LogP contribution in [-0.4, -0.2) is 32.5 Å². The number of benzene rings is 1. The fourth-order valence-electron chi connectivity index (χ4n) is 3.49. The first-order valence-electron chi connectivity index (χ1n) is 9.62. The van der Waals surface area contributed by atoms with E-state index in [1.54, 1.807) is 23.1 Å². The lowest BCUT2D eigenvalue weighted by atomic mass is 10.1. The standard InChI is InChI=1S/C22H24N4OS2/c1-28-12-9-19(22-24-17-6-2-3-7-18(17)25-22)23-21(27)14-20(16-8-13-29-15-16)26-10-4-5-11-26/h2-8,10-11,13,15,19-20H,9,12,14H2,1H3,(H,23,27)(H,24,25)/t19-,20-/m0/s1. The number of amides is 1. The molecule has 0 aliphatic heterocycles. The molecule has 3 aromatic heterocycles. The highest BCUT2D eigenvalue weighted by Crippen LogP contribution is 2.26. The van der Waals surface area contributed by atoms with Gasteiger partial charge in [0.2, 0.25) is 5.91 Å². The largest absolute Gasteiger partial charge is 0.346 e. The minimum atomic E-state index is -0.130. The van der Waals surface area contributed by atoms with Gasteiger partial charge >= 0.3 is 0 Å². The molecule has 0 fully saturated rings. The van der Waals surface area contributed by atoms with Gasteiger partial charge in [0.05, 0.1) is 29.5 Å². The summed E-state index contributed by atoms with van der Waals surface area (Å²) in [6.07, 6.45) is 7.33. The maximum absolute atomic E-state index is 13.0. The van der Waals surface area contributed by atoms with Gasteiger partial charge in [-0.15, -0.1) is 0 Å². The number of carbonyl (C=O) groups excluding carboxylic acids is 1. The molecule has 150 valence electrons. The Morgan fingerprint density at radius 2 is 2.07 bits per heavy atom. The molecule has 4 aromatic rings. The van der Waals surface area contributed by atoms with E-state index in [0.717, 1.165) is 34.6 Å². The van der Waals surface area contributed by atoms with E-state index in [9.17, 15) is 4.79 Å². The molecule has 0 saturated heterocycles. The maximum atomic E-state index is 13.0. The van der Waals surface area contributed by atoms with E-state index in [1.807, 2.05) is 48.8 Å². The summed E-state index contributed by atoms with van der Waals surface area (Å²) in [6, 6.07) is 13.9. The molecular weight excluding hydrogens is 400 g/mol. The highest BCUT2D eigenvalue weighted by Gasteiger charge is 2.22. The fraction of sp³-hybridized carbons (Fsp3) is 0.273. The Balaban J connectivity index is 1.52. The third-order valence-corrected chi connectivity index (χ3v) is 6.32. The summed E-state index contributed by atoms with van der Waals surface area (Å²) in [5, 5.41) is 7.40. The van der Waals surface area contributed by atoms with Crippen molar-refractivity contribution in [2.75, 3.05) is 12.0 Å². The summed E-state index contributed by atoms with van der Waals surface area (Å²) >= 11 is 3.43. The number of aromatic nitrogens is 3. The van der Waals surface area contributed by atoms with Crippen molar-refractivity contribution in [2.24, 2.45) is 0 Å². The molecule has 5 nitrogen and oxygen atoms in total. The Morgan fingerprint density at radius 1 is 1.24 bits per heavy atom. The SMILES string of the molecule is CSCC[C@H](NC(=O)C[C@@H](c1ccsc1)n1cccc1)c1nc2ccccc2[nH]1. The van der Waals surface area contributed by atoms with Crippen LogP contribution in [0, 0.1) is 0 Å². The molecule has 0 radical (unpaired) electrons. The van der Waals surface area contributed by atoms with E-state index >= 15 is 0 Å². The third kappa shape index (κ3) is 4.74. The Labute approximate surface area is 178 Å². The van der Waals surface area contributed by atoms with Crippen molar-refractivity contribution in [3.05, 3.63) is 77.0 Å². The van der Waals surface area contributed by atoms with Crippen LogP contribution in [0.2, 0.25) is 0 Å². The molecule has 2 atom stereocenters. The zero-order chi connectivity index (χ0) is 20.1. The van der Waals surface area contributed by atoms with Gasteiger partial charge in [0.15, 0.2) is 0 Å². The predicted molar refractivity (Wildman–Crippen MR) is 121 cm³/mol. The highest BCUT2D eigenvalue weighted by molar-refractivity contribution is 7.98. The molecule has 1 aromatic carbocycles. The van der Waals surface area contributed by atoms with Crippen LogP contribution in [0.3, 0.4) is 0 Å². The number of carbonyl (C=O) groups is 1. The van der Waals surface area contributed by atoms with Crippen LogP contribution in [0.5, 0.6) is 0 Å². The van der Waals surface area contributed by atoms with Crippen molar-refractivity contribution < 1.29 is 4.79 Å². The lowest BCUT2D eigenvalue weighted by Crippen LogP contribution is -2.31. The second kappa shape index (κ2) is 9.33. The minimum absolute atomic E-state index is 0.00637. The topological polar surface area (TPSA) is 62.7 Å². The number of nitrogens with zero attached hydrogens (tertiary/aromatic N) is 2. The molecule has 3 heterocycles. The number of aromatic amines is 1. The lowest BCUT2D eigenvalue weighted by Gasteiger charge is -2.21. The van der Waals surface area contributed by atoms with Gasteiger partial charge in [-0.2, -0.15) is 23.1 Å². The molecule has 29 heavy (non-hydrogen) atoms. The van der Waals surface area contributed by atoms with E-state index in [4.69, 9.17) is 4.98 Å². The zero-order valence-electron chi connectivity index (χ0n) is 16.2. The second-order valence-electron chi connectivity index (χ2n) is 6.95. The van der Waals surface area contributed by atoms with Crippen LogP contribution in [0.4, 0.5) is 0 Å². The average Bonchev–Trinajstić information content (AvgIpc) is 3.49. The normalized spacial score (nSPS) is 13.4. The number of imidazole rings is 1. The first-order valence-corrected chi connectivity index (χ1v) is 12.0. The van der Waals surface area contributed by atoms with Gasteiger partial charge in [-0.3, -0.25) is 4.79 Å². The molecule has 0 spiro atoms. The number of thiophene rings is 1. The van der Waals surface area contributed by atoms with Crippen LogP contribution in [0.1, 0.15) is 36.3 Å². The molecular formula is C22H24N4OS2. The number of rotatable bonds is 9. The van der Waals surface area contributed by atoms with Gasteiger partial charge in [0.25, 0.3) is 0 Å². The van der Waals surface area contributed by atoms with Crippen LogP contribution < -0.4 is 5.32 Å². The van der Waals surface area contributed by atoms with Crippen LogP contribution in [0.25, 0.3) is 11.0 Å². The second-order valence-corrected chi connectivity index (χ2v) is 8.71. The Bertz CT molecular complexity index is 973. The summed E-state index contributed by atoms with van der Waals surface area (Å²) < 4.78 is 2.10. The van der Waals surface area contributed by atoms with Gasteiger partial charge in [-0.05, 0) is 65.1 Å².